The Balaban J connectivity index is 1.48. The molecule has 1 aromatic carbocycles. The maximum absolute atomic E-state index is 14.0. The zero-order valence-electron chi connectivity index (χ0n) is 15.6. The Labute approximate surface area is 161 Å². The first-order valence-corrected chi connectivity index (χ1v) is 9.54. The molecule has 1 amide bonds. The summed E-state index contributed by atoms with van der Waals surface area (Å²) in [5.41, 5.74) is 2.83. The molecule has 0 radical (unpaired) electrons. The number of nitrogens with zero attached hydrogens (tertiary/aromatic N) is 5. The van der Waals surface area contributed by atoms with Gasteiger partial charge in [0.15, 0.2) is 5.69 Å². The molecule has 7 nitrogen and oxygen atoms in total. The first kappa shape index (κ1) is 17.1. The minimum Gasteiger partial charge on any atom is -0.414 e. The Morgan fingerprint density at radius 2 is 2.00 bits per heavy atom. The van der Waals surface area contributed by atoms with Crippen molar-refractivity contribution in [3.8, 4) is 23.0 Å². The third-order valence-corrected chi connectivity index (χ3v) is 5.74. The summed E-state index contributed by atoms with van der Waals surface area (Å²) in [7, 11) is 1.87. The topological polar surface area (TPSA) is 77.1 Å². The van der Waals surface area contributed by atoms with Crippen LogP contribution in [-0.2, 0) is 24.8 Å². The number of fused-ring (bicyclic) bond motifs is 1. The summed E-state index contributed by atoms with van der Waals surface area (Å²) in [6.07, 6.45) is 3.84. The van der Waals surface area contributed by atoms with Gasteiger partial charge in [-0.05, 0) is 25.0 Å². The van der Waals surface area contributed by atoms with E-state index in [0.717, 1.165) is 36.9 Å². The lowest BCUT2D eigenvalue weighted by Crippen LogP contribution is -2.42. The fraction of sp³-hybridized carbons (Fsp3) is 0.400. The van der Waals surface area contributed by atoms with Crippen molar-refractivity contribution in [2.24, 2.45) is 13.0 Å². The number of aryl methyl sites for hydroxylation is 1. The van der Waals surface area contributed by atoms with Crippen LogP contribution in [0.4, 0.5) is 4.39 Å². The highest BCUT2D eigenvalue weighted by Gasteiger charge is 2.34. The lowest BCUT2D eigenvalue weighted by Gasteiger charge is -2.34. The molecule has 1 aliphatic carbocycles. The van der Waals surface area contributed by atoms with Gasteiger partial charge in [0.05, 0.1) is 5.56 Å². The Kier molecular flexibility index (Phi) is 3.99. The molecular weight excluding hydrogens is 361 g/mol. The minimum absolute atomic E-state index is 0.116. The Morgan fingerprint density at radius 3 is 2.75 bits per heavy atom. The average molecular weight is 381 g/mol. The molecule has 1 fully saturated rings. The fourth-order valence-corrected chi connectivity index (χ4v) is 3.93. The summed E-state index contributed by atoms with van der Waals surface area (Å²) in [5, 5.41) is 12.6. The number of hydrogen-bond donors (Lipinski definition) is 0. The van der Waals surface area contributed by atoms with Crippen LogP contribution in [-0.4, -0.2) is 37.3 Å². The second-order valence-corrected chi connectivity index (χ2v) is 7.43. The van der Waals surface area contributed by atoms with Gasteiger partial charge in [-0.1, -0.05) is 18.6 Å². The number of amides is 1. The molecule has 0 atom stereocenters. The van der Waals surface area contributed by atoms with Crippen molar-refractivity contribution in [2.75, 3.05) is 6.54 Å². The Bertz CT molecular complexity index is 1050. The molecule has 2 aliphatic rings. The van der Waals surface area contributed by atoms with Crippen LogP contribution in [0.15, 0.2) is 28.7 Å². The third-order valence-electron chi connectivity index (χ3n) is 5.74. The van der Waals surface area contributed by atoms with Gasteiger partial charge in [-0.3, -0.25) is 9.48 Å². The minimum atomic E-state index is -0.418. The zero-order chi connectivity index (χ0) is 19.3. The van der Waals surface area contributed by atoms with Crippen LogP contribution in [0, 0.1) is 11.7 Å². The Morgan fingerprint density at radius 1 is 1.21 bits per heavy atom. The van der Waals surface area contributed by atoms with Gasteiger partial charge >= 0.3 is 0 Å². The second-order valence-electron chi connectivity index (χ2n) is 7.43. The summed E-state index contributed by atoms with van der Waals surface area (Å²) < 4.78 is 21.6. The van der Waals surface area contributed by atoms with E-state index in [0.29, 0.717) is 18.8 Å². The summed E-state index contributed by atoms with van der Waals surface area (Å²) >= 11 is 0. The van der Waals surface area contributed by atoms with E-state index in [1.807, 2.05) is 16.6 Å². The quantitative estimate of drug-likeness (QED) is 0.697. The van der Waals surface area contributed by atoms with Crippen molar-refractivity contribution < 1.29 is 13.6 Å². The van der Waals surface area contributed by atoms with Gasteiger partial charge in [0.1, 0.15) is 5.82 Å². The van der Waals surface area contributed by atoms with Gasteiger partial charge in [0, 0.05) is 43.7 Å². The Hall–Kier alpha value is -3.03. The fourth-order valence-electron chi connectivity index (χ4n) is 3.93. The van der Waals surface area contributed by atoms with E-state index in [9.17, 15) is 9.18 Å². The smallest absolute Gasteiger partial charge is 0.268 e. The highest BCUT2D eigenvalue weighted by atomic mass is 19.1. The van der Waals surface area contributed by atoms with E-state index in [1.54, 1.807) is 18.2 Å². The SMILES string of the molecule is Cn1nc(-c2nnc(-c3ccccc3F)o2)c2c1CCN(C(=O)C1CCC1)C2. The van der Waals surface area contributed by atoms with Crippen molar-refractivity contribution in [1.29, 1.82) is 0 Å². The number of benzene rings is 1. The van der Waals surface area contributed by atoms with Crippen molar-refractivity contribution in [3.63, 3.8) is 0 Å². The highest BCUT2D eigenvalue weighted by molar-refractivity contribution is 5.80. The van der Waals surface area contributed by atoms with E-state index in [1.165, 1.54) is 6.07 Å². The highest BCUT2D eigenvalue weighted by Crippen LogP contribution is 2.34. The maximum Gasteiger partial charge on any atom is 0.268 e. The number of aromatic nitrogens is 4. The molecule has 2 aromatic heterocycles. The first-order valence-electron chi connectivity index (χ1n) is 9.54. The van der Waals surface area contributed by atoms with Crippen molar-refractivity contribution in [1.82, 2.24) is 24.9 Å². The molecule has 3 heterocycles. The lowest BCUT2D eigenvalue weighted by molar-refractivity contribution is -0.139. The molecule has 0 saturated heterocycles. The van der Waals surface area contributed by atoms with Crippen molar-refractivity contribution in [3.05, 3.63) is 41.3 Å². The third kappa shape index (κ3) is 2.71. The summed E-state index contributed by atoms with van der Waals surface area (Å²) in [6.45, 7) is 1.19. The largest absolute Gasteiger partial charge is 0.414 e. The maximum atomic E-state index is 14.0. The van der Waals surface area contributed by atoms with Crippen LogP contribution in [0.25, 0.3) is 23.0 Å². The summed E-state index contributed by atoms with van der Waals surface area (Å²) in [6, 6.07) is 6.28. The normalized spacial score (nSPS) is 16.7. The monoisotopic (exact) mass is 381 g/mol. The van der Waals surface area contributed by atoms with Crippen LogP contribution in [0.5, 0.6) is 0 Å². The molecule has 0 unspecified atom stereocenters. The van der Waals surface area contributed by atoms with Gasteiger partial charge in [-0.2, -0.15) is 5.10 Å². The second kappa shape index (κ2) is 6.54. The van der Waals surface area contributed by atoms with E-state index in [2.05, 4.69) is 15.3 Å². The molecule has 3 aromatic rings. The first-order chi connectivity index (χ1) is 13.6. The molecule has 1 aliphatic heterocycles. The molecule has 1 saturated carbocycles. The number of carbonyl (C=O) groups is 1. The number of halogens is 1. The molecular formula is C20H20FN5O2. The molecule has 0 spiro atoms. The number of carbonyl (C=O) groups excluding carboxylic acids is 1. The zero-order valence-corrected chi connectivity index (χ0v) is 15.6. The summed E-state index contributed by atoms with van der Waals surface area (Å²) in [5.74, 6) is 0.332. The number of rotatable bonds is 3. The molecule has 28 heavy (non-hydrogen) atoms. The van der Waals surface area contributed by atoms with Crippen LogP contribution >= 0.6 is 0 Å². The predicted octanol–water partition coefficient (Wildman–Crippen LogP) is 2.96. The van der Waals surface area contributed by atoms with Crippen LogP contribution in [0.3, 0.4) is 0 Å². The van der Waals surface area contributed by atoms with Gasteiger partial charge in [-0.25, -0.2) is 4.39 Å². The molecule has 0 bridgehead atoms. The van der Waals surface area contributed by atoms with E-state index >= 15 is 0 Å². The van der Waals surface area contributed by atoms with E-state index in [-0.39, 0.29) is 29.2 Å². The van der Waals surface area contributed by atoms with Gasteiger partial charge in [0.25, 0.3) is 11.8 Å². The standard InChI is InChI=1S/C20H20FN5O2/c1-25-16-9-10-26(20(27)12-5-4-6-12)11-14(16)17(24-25)19-23-22-18(28-19)13-7-2-3-8-15(13)21/h2-3,7-8,12H,4-6,9-11H2,1H3. The molecule has 5 rings (SSSR count). The van der Waals surface area contributed by atoms with Crippen LogP contribution in [0.1, 0.15) is 30.5 Å². The summed E-state index contributed by atoms with van der Waals surface area (Å²) in [4.78, 5) is 14.6. The molecule has 8 heteroatoms. The van der Waals surface area contributed by atoms with Crippen LogP contribution in [0.2, 0.25) is 0 Å². The van der Waals surface area contributed by atoms with Crippen molar-refractivity contribution >= 4 is 5.91 Å². The van der Waals surface area contributed by atoms with E-state index in [4.69, 9.17) is 4.42 Å². The number of hydrogen-bond acceptors (Lipinski definition) is 5. The van der Waals surface area contributed by atoms with Gasteiger partial charge < -0.3 is 9.32 Å². The lowest BCUT2D eigenvalue weighted by atomic mass is 9.84. The molecule has 0 N–H and O–H groups in total. The van der Waals surface area contributed by atoms with Gasteiger partial charge in [-0.15, -0.1) is 10.2 Å². The van der Waals surface area contributed by atoms with E-state index < -0.39 is 5.82 Å². The molecule has 144 valence electrons. The van der Waals surface area contributed by atoms with Crippen molar-refractivity contribution in [2.45, 2.75) is 32.2 Å². The average Bonchev–Trinajstić information content (AvgIpc) is 3.25. The van der Waals surface area contributed by atoms with Crippen LogP contribution < -0.4 is 0 Å². The predicted molar refractivity (Wildman–Crippen MR) is 98.4 cm³/mol. The van der Waals surface area contributed by atoms with Gasteiger partial charge in [0.2, 0.25) is 5.91 Å².